The molecule has 1 saturated heterocycles. The summed E-state index contributed by atoms with van der Waals surface area (Å²) < 4.78 is 24.8. The second-order valence-corrected chi connectivity index (χ2v) is 11.3. The van der Waals surface area contributed by atoms with Crippen molar-refractivity contribution in [1.29, 1.82) is 0 Å². The molecule has 1 aromatic heterocycles. The van der Waals surface area contributed by atoms with E-state index in [0.717, 1.165) is 4.57 Å². The van der Waals surface area contributed by atoms with Gasteiger partial charge in [0.25, 0.3) is 5.91 Å². The molecule has 1 N–H and O–H groups in total. The van der Waals surface area contributed by atoms with Crippen molar-refractivity contribution in [1.82, 2.24) is 9.55 Å². The van der Waals surface area contributed by atoms with E-state index in [1.54, 1.807) is 97.1 Å². The monoisotopic (exact) mass is 685 g/mol. The number of nitrogens with one attached hydrogen (secondary N) is 1. The molecule has 1 aliphatic heterocycles. The summed E-state index contributed by atoms with van der Waals surface area (Å²) >= 11 is 0. The zero-order valence-corrected chi connectivity index (χ0v) is 27.0. The molecule has 5 aromatic rings. The van der Waals surface area contributed by atoms with Gasteiger partial charge in [0.05, 0.1) is 16.7 Å². The summed E-state index contributed by atoms with van der Waals surface area (Å²) in [5.41, 5.74) is 0.305. The third-order valence-corrected chi connectivity index (χ3v) is 7.92. The number of nitrogens with zero attached hydrogens (tertiary/aromatic N) is 2. The fourth-order valence-corrected chi connectivity index (χ4v) is 5.37. The van der Waals surface area contributed by atoms with Crippen LogP contribution in [0.3, 0.4) is 0 Å². The molecule has 12 nitrogen and oxygen atoms in total. The van der Waals surface area contributed by atoms with Crippen molar-refractivity contribution >= 4 is 35.7 Å². The molecule has 0 bridgehead atoms. The van der Waals surface area contributed by atoms with E-state index in [0.29, 0.717) is 5.56 Å². The molecule has 0 spiro atoms. The number of hydrogen-bond donors (Lipinski definition) is 1. The van der Waals surface area contributed by atoms with Gasteiger partial charge in [0.2, 0.25) is 0 Å². The van der Waals surface area contributed by atoms with Crippen molar-refractivity contribution in [2.75, 3.05) is 11.9 Å². The maximum absolute atomic E-state index is 13.7. The van der Waals surface area contributed by atoms with Crippen LogP contribution in [0.4, 0.5) is 5.82 Å². The van der Waals surface area contributed by atoms with Crippen LogP contribution in [0.25, 0.3) is 6.08 Å². The zero-order valence-electron chi connectivity index (χ0n) is 27.0. The fraction of sp³-hybridized carbons (Fsp3) is 0.128. The number of hydrogen-bond acceptors (Lipinski definition) is 10. The van der Waals surface area contributed by atoms with E-state index in [1.165, 1.54) is 36.5 Å². The van der Waals surface area contributed by atoms with Gasteiger partial charge in [-0.05, 0) is 48.5 Å². The number of benzene rings is 4. The third-order valence-electron chi connectivity index (χ3n) is 7.92. The summed E-state index contributed by atoms with van der Waals surface area (Å²) in [5.74, 6) is -2.84. The van der Waals surface area contributed by atoms with E-state index in [4.69, 9.17) is 18.9 Å². The van der Waals surface area contributed by atoms with E-state index in [9.17, 15) is 24.0 Å². The Labute approximate surface area is 291 Å². The molecule has 256 valence electrons. The second-order valence-electron chi connectivity index (χ2n) is 11.3. The van der Waals surface area contributed by atoms with Crippen molar-refractivity contribution in [2.24, 2.45) is 0 Å². The van der Waals surface area contributed by atoms with Crippen LogP contribution in [0.15, 0.2) is 139 Å². The summed E-state index contributed by atoms with van der Waals surface area (Å²) in [6, 6.07) is 32.7. The van der Waals surface area contributed by atoms with Crippen molar-refractivity contribution < 1.29 is 38.1 Å². The van der Waals surface area contributed by atoms with Crippen molar-refractivity contribution in [3.8, 4) is 0 Å². The lowest BCUT2D eigenvalue weighted by atomic mass is 10.1. The molecule has 51 heavy (non-hydrogen) atoms. The van der Waals surface area contributed by atoms with Gasteiger partial charge in [0.15, 0.2) is 18.4 Å². The van der Waals surface area contributed by atoms with E-state index in [1.807, 2.05) is 0 Å². The van der Waals surface area contributed by atoms with Gasteiger partial charge in [-0.3, -0.25) is 9.36 Å². The Bertz CT molecular complexity index is 2090. The lowest BCUT2D eigenvalue weighted by Crippen LogP contribution is -2.42. The number of amides is 1. The summed E-state index contributed by atoms with van der Waals surface area (Å²) in [6.07, 6.45) is -2.80. The van der Waals surface area contributed by atoms with Gasteiger partial charge in [-0.25, -0.2) is 19.2 Å². The van der Waals surface area contributed by atoms with Gasteiger partial charge in [-0.1, -0.05) is 85.5 Å². The molecular formula is C39H31N3O9. The first kappa shape index (κ1) is 34.2. The average molecular weight is 686 g/mol. The maximum Gasteiger partial charge on any atom is 0.351 e. The Hall–Kier alpha value is -6.66. The Morgan fingerprint density at radius 1 is 0.706 bits per heavy atom. The number of carbonyl (C=O) groups is 4. The minimum atomic E-state index is -1.45. The highest BCUT2D eigenvalue weighted by Gasteiger charge is 2.52. The lowest BCUT2D eigenvalue weighted by Gasteiger charge is -2.25. The highest BCUT2D eigenvalue weighted by molar-refractivity contribution is 6.04. The van der Waals surface area contributed by atoms with Crippen molar-refractivity contribution in [3.63, 3.8) is 0 Å². The Morgan fingerprint density at radius 2 is 1.18 bits per heavy atom. The Morgan fingerprint density at radius 3 is 1.69 bits per heavy atom. The van der Waals surface area contributed by atoms with Crippen molar-refractivity contribution in [2.45, 2.75) is 24.5 Å². The number of ether oxygens (including phenoxy) is 4. The van der Waals surface area contributed by atoms with Crippen LogP contribution < -0.4 is 11.0 Å². The average Bonchev–Trinajstić information content (AvgIpc) is 3.50. The molecule has 1 fully saturated rings. The minimum Gasteiger partial charge on any atom is -0.459 e. The molecule has 4 atom stereocenters. The van der Waals surface area contributed by atoms with E-state index < -0.39 is 60.7 Å². The minimum absolute atomic E-state index is 0.0728. The molecule has 2 heterocycles. The summed E-state index contributed by atoms with van der Waals surface area (Å²) in [5, 5.41) is 2.62. The molecule has 4 aromatic carbocycles. The number of carbonyl (C=O) groups excluding carboxylic acids is 4. The van der Waals surface area contributed by atoms with E-state index >= 15 is 0 Å². The molecule has 6 rings (SSSR count). The highest BCUT2D eigenvalue weighted by atomic mass is 16.7. The summed E-state index contributed by atoms with van der Waals surface area (Å²) in [6.45, 7) is 3.35. The molecule has 0 aliphatic carbocycles. The SMILES string of the molecule is C=Cc1cn([C@@H]2O[C@H](COC(=O)c3ccccc3)C(OC(=O)c3ccccc3)[C@@H]2OC(=O)c2ccccc2)c(=O)nc1NC(=O)c1ccccc1. The number of esters is 3. The first-order valence-electron chi connectivity index (χ1n) is 15.8. The normalized spacial score (nSPS) is 17.9. The van der Waals surface area contributed by atoms with Gasteiger partial charge in [0.1, 0.15) is 18.5 Å². The predicted molar refractivity (Wildman–Crippen MR) is 185 cm³/mol. The topological polar surface area (TPSA) is 152 Å². The third kappa shape index (κ3) is 7.98. The van der Waals surface area contributed by atoms with Crippen LogP contribution in [0.1, 0.15) is 53.2 Å². The van der Waals surface area contributed by atoms with Crippen LogP contribution in [0, 0.1) is 0 Å². The summed E-state index contributed by atoms with van der Waals surface area (Å²) in [4.78, 5) is 70.5. The molecular weight excluding hydrogens is 654 g/mol. The molecule has 12 heteroatoms. The lowest BCUT2D eigenvalue weighted by molar-refractivity contribution is -0.0639. The number of rotatable bonds is 11. The van der Waals surface area contributed by atoms with E-state index in [2.05, 4.69) is 16.9 Å². The fourth-order valence-electron chi connectivity index (χ4n) is 5.37. The smallest absolute Gasteiger partial charge is 0.351 e. The largest absolute Gasteiger partial charge is 0.459 e. The molecule has 0 radical (unpaired) electrons. The highest BCUT2D eigenvalue weighted by Crippen LogP contribution is 2.35. The zero-order chi connectivity index (χ0) is 35.7. The number of aromatic nitrogens is 2. The molecule has 1 amide bonds. The second kappa shape index (κ2) is 15.7. The molecule has 1 aliphatic rings. The summed E-state index contributed by atoms with van der Waals surface area (Å²) in [7, 11) is 0. The molecule has 1 unspecified atom stereocenters. The Kier molecular flexibility index (Phi) is 10.5. The van der Waals surface area contributed by atoms with Crippen LogP contribution >= 0.6 is 0 Å². The van der Waals surface area contributed by atoms with Gasteiger partial charge in [-0.2, -0.15) is 4.98 Å². The number of anilines is 1. The van der Waals surface area contributed by atoms with Crippen LogP contribution in [-0.4, -0.2) is 58.3 Å². The maximum atomic E-state index is 13.7. The van der Waals surface area contributed by atoms with Crippen LogP contribution in [0.5, 0.6) is 0 Å². The van der Waals surface area contributed by atoms with E-state index in [-0.39, 0.29) is 28.1 Å². The Balaban J connectivity index is 1.37. The predicted octanol–water partition coefficient (Wildman–Crippen LogP) is 5.34. The standard InChI is InChI=1S/C39H31N3O9/c1-2-25-23-42(39(47)41-33(25)40-34(43)26-15-7-3-8-16-26)35-32(51-38(46)29-21-13-6-14-22-29)31(50-37(45)28-19-11-5-12-20-28)30(49-35)24-48-36(44)27-17-9-4-10-18-27/h2-23,30-32,35H,1,24H2,(H,40,41,43,47)/t30-,31?,32+,35-/m1/s1. The van der Waals surface area contributed by atoms with Crippen LogP contribution in [-0.2, 0) is 18.9 Å². The van der Waals surface area contributed by atoms with Gasteiger partial charge >= 0.3 is 23.6 Å². The van der Waals surface area contributed by atoms with Gasteiger partial charge in [0, 0.05) is 17.3 Å². The first-order chi connectivity index (χ1) is 24.8. The quantitative estimate of drug-likeness (QED) is 0.142. The van der Waals surface area contributed by atoms with Gasteiger partial charge < -0.3 is 24.3 Å². The van der Waals surface area contributed by atoms with Gasteiger partial charge in [-0.15, -0.1) is 0 Å². The first-order valence-corrected chi connectivity index (χ1v) is 15.8. The van der Waals surface area contributed by atoms with Crippen molar-refractivity contribution in [3.05, 3.63) is 172 Å². The van der Waals surface area contributed by atoms with Crippen LogP contribution in [0.2, 0.25) is 0 Å². The molecule has 0 saturated carbocycles.